The summed E-state index contributed by atoms with van der Waals surface area (Å²) in [5.74, 6) is 4.59. The van der Waals surface area contributed by atoms with E-state index in [0.717, 1.165) is 16.7 Å². The number of rotatable bonds is 10. The predicted octanol–water partition coefficient (Wildman–Crippen LogP) is 2.06. The highest BCUT2D eigenvalue weighted by Crippen LogP contribution is 2.36. The maximum absolute atomic E-state index is 13.3. The number of sulfonamides is 1. The molecule has 2 heterocycles. The lowest BCUT2D eigenvalue weighted by Gasteiger charge is -2.12. The number of hydrogen-bond acceptors (Lipinski definition) is 9. The third kappa shape index (κ3) is 6.31. The second-order valence-electron chi connectivity index (χ2n) is 8.34. The minimum absolute atomic E-state index is 0.0118. The molecular weight excluding hydrogens is 526 g/mol. The summed E-state index contributed by atoms with van der Waals surface area (Å²) in [5.41, 5.74) is 2.66. The van der Waals surface area contributed by atoms with Gasteiger partial charge in [0.05, 0.1) is 27.0 Å². The van der Waals surface area contributed by atoms with Crippen LogP contribution in [0.3, 0.4) is 0 Å². The number of nitrogens with one attached hydrogen (secondary N) is 2. The Labute approximate surface area is 224 Å². The smallest absolute Gasteiger partial charge is 0.296 e. The summed E-state index contributed by atoms with van der Waals surface area (Å²) in [4.78, 5) is 11.6. The van der Waals surface area contributed by atoms with Crippen LogP contribution in [0.5, 0.6) is 11.5 Å². The van der Waals surface area contributed by atoms with E-state index in [4.69, 9.17) is 19.1 Å². The van der Waals surface area contributed by atoms with E-state index in [9.17, 15) is 13.2 Å². The molecule has 0 fully saturated rings. The van der Waals surface area contributed by atoms with Crippen LogP contribution >= 0.6 is 0 Å². The Morgan fingerprint density at radius 3 is 2.64 bits per heavy atom. The molecule has 0 radical (unpaired) electrons. The zero-order valence-corrected chi connectivity index (χ0v) is 22.3. The van der Waals surface area contributed by atoms with Crippen molar-refractivity contribution in [2.75, 3.05) is 25.5 Å². The number of aromatic nitrogens is 3. The van der Waals surface area contributed by atoms with Crippen molar-refractivity contribution in [3.05, 3.63) is 59.4 Å². The van der Waals surface area contributed by atoms with Crippen LogP contribution in [0.1, 0.15) is 23.6 Å². The minimum atomic E-state index is -4.07. The Bertz CT molecular complexity index is 1660. The van der Waals surface area contributed by atoms with Crippen LogP contribution in [0, 0.1) is 11.8 Å². The van der Waals surface area contributed by atoms with Crippen molar-refractivity contribution in [1.29, 1.82) is 0 Å². The quantitative estimate of drug-likeness (QED) is 0.250. The topological polar surface area (TPSA) is 158 Å². The number of aliphatic hydroxyl groups excluding tert-OH is 1. The Balaban J connectivity index is 1.56. The lowest BCUT2D eigenvalue weighted by atomic mass is 10.1. The van der Waals surface area contributed by atoms with Gasteiger partial charge in [0.1, 0.15) is 28.4 Å². The zero-order chi connectivity index (χ0) is 28.0. The monoisotopic (exact) mass is 553 g/mol. The van der Waals surface area contributed by atoms with Gasteiger partial charge >= 0.3 is 0 Å². The molecule has 3 N–H and O–H groups in total. The number of nitrogens with zero attached hydrogens (tertiary/aromatic N) is 3. The summed E-state index contributed by atoms with van der Waals surface area (Å²) in [6.07, 6.45) is 4.02. The lowest BCUT2D eigenvalue weighted by Crippen LogP contribution is -2.20. The van der Waals surface area contributed by atoms with Crippen molar-refractivity contribution < 1.29 is 32.3 Å². The van der Waals surface area contributed by atoms with Crippen molar-refractivity contribution in [2.24, 2.45) is 0 Å². The van der Waals surface area contributed by atoms with Crippen molar-refractivity contribution in [2.45, 2.75) is 31.3 Å². The summed E-state index contributed by atoms with van der Waals surface area (Å²) in [5, 5.41) is 19.9. The fourth-order valence-electron chi connectivity index (χ4n) is 3.86. The summed E-state index contributed by atoms with van der Waals surface area (Å²) >= 11 is 0. The van der Waals surface area contributed by atoms with Gasteiger partial charge in [-0.3, -0.25) is 14.2 Å². The second-order valence-corrected chi connectivity index (χ2v) is 9.99. The van der Waals surface area contributed by atoms with E-state index in [-0.39, 0.29) is 29.6 Å². The van der Waals surface area contributed by atoms with Crippen molar-refractivity contribution in [3.8, 4) is 23.3 Å². The van der Waals surface area contributed by atoms with Gasteiger partial charge in [0.25, 0.3) is 15.9 Å². The van der Waals surface area contributed by atoms with Gasteiger partial charge < -0.3 is 24.4 Å². The van der Waals surface area contributed by atoms with Gasteiger partial charge in [-0.25, -0.2) is 8.42 Å². The lowest BCUT2D eigenvalue weighted by molar-refractivity contribution is -0.115. The van der Waals surface area contributed by atoms with Gasteiger partial charge in [-0.2, -0.15) is 5.10 Å². The standard InChI is InChI=1S/C26H27N5O7S/c1-4-17-7-8-20(36-2)23(12-17)39(34,35)30-26-25-21(37-3)10-18(11-22(25)38-29-26)15-31-16-19(14-28-31)13-27-24(33)6-5-9-32/h7-8,10-12,14,16,32H,4,9,13,15H2,1-3H3,(H,27,33)(H,29,30). The fourth-order valence-corrected chi connectivity index (χ4v) is 5.09. The third-order valence-corrected chi connectivity index (χ3v) is 7.10. The molecule has 0 atom stereocenters. The minimum Gasteiger partial charge on any atom is -0.496 e. The molecule has 0 bridgehead atoms. The normalized spacial score (nSPS) is 11.1. The van der Waals surface area contributed by atoms with E-state index in [1.165, 1.54) is 14.2 Å². The SMILES string of the molecule is CCc1ccc(OC)c(S(=O)(=O)Nc2noc3cc(Cn4cc(CNC(=O)C#CCO)cn4)cc(OC)c23)c1. The first-order valence-corrected chi connectivity index (χ1v) is 13.3. The number of anilines is 1. The fraction of sp³-hybridized carbons (Fsp3) is 0.269. The summed E-state index contributed by atoms with van der Waals surface area (Å²) in [6.45, 7) is 2.10. The first-order valence-electron chi connectivity index (χ1n) is 11.8. The summed E-state index contributed by atoms with van der Waals surface area (Å²) < 4.78 is 47.0. The van der Waals surface area contributed by atoms with Gasteiger partial charge in [-0.15, -0.1) is 0 Å². The number of methoxy groups -OCH3 is 2. The Morgan fingerprint density at radius 1 is 1.13 bits per heavy atom. The molecule has 0 unspecified atom stereocenters. The molecule has 204 valence electrons. The van der Waals surface area contributed by atoms with Gasteiger partial charge in [-0.05, 0) is 47.7 Å². The van der Waals surface area contributed by atoms with Crippen LogP contribution in [-0.2, 0) is 34.3 Å². The number of ether oxygens (including phenoxy) is 2. The predicted molar refractivity (Wildman–Crippen MR) is 142 cm³/mol. The number of benzene rings is 2. The molecule has 2 aromatic heterocycles. The summed E-state index contributed by atoms with van der Waals surface area (Å²) in [7, 11) is -1.20. The summed E-state index contributed by atoms with van der Waals surface area (Å²) in [6, 6.07) is 8.44. The molecular formula is C26H27N5O7S. The molecule has 2 aromatic carbocycles. The first kappa shape index (κ1) is 27.5. The van der Waals surface area contributed by atoms with Crippen LogP contribution in [-0.4, -0.2) is 55.2 Å². The van der Waals surface area contributed by atoms with Gasteiger partial charge in [0.2, 0.25) is 0 Å². The number of carbonyl (C=O) groups excluding carboxylic acids is 1. The average Bonchev–Trinajstić information content (AvgIpc) is 3.56. The number of amides is 1. The molecule has 0 spiro atoms. The number of aliphatic hydroxyl groups is 1. The van der Waals surface area contributed by atoms with E-state index in [0.29, 0.717) is 29.7 Å². The number of fused-ring (bicyclic) bond motifs is 1. The molecule has 12 nitrogen and oxygen atoms in total. The zero-order valence-electron chi connectivity index (χ0n) is 21.5. The number of aryl methyl sites for hydroxylation is 1. The highest BCUT2D eigenvalue weighted by molar-refractivity contribution is 7.92. The third-order valence-electron chi connectivity index (χ3n) is 5.74. The van der Waals surface area contributed by atoms with E-state index in [2.05, 4.69) is 32.1 Å². The molecule has 4 aromatic rings. The molecule has 0 aliphatic heterocycles. The highest BCUT2D eigenvalue weighted by atomic mass is 32.2. The van der Waals surface area contributed by atoms with E-state index in [1.54, 1.807) is 47.4 Å². The molecule has 39 heavy (non-hydrogen) atoms. The van der Waals surface area contributed by atoms with Gasteiger partial charge in [-0.1, -0.05) is 24.1 Å². The highest BCUT2D eigenvalue weighted by Gasteiger charge is 2.25. The van der Waals surface area contributed by atoms with Crippen molar-refractivity contribution >= 4 is 32.7 Å². The first-order chi connectivity index (χ1) is 18.8. The van der Waals surface area contributed by atoms with E-state index < -0.39 is 15.9 Å². The molecule has 0 aliphatic rings. The van der Waals surface area contributed by atoms with Crippen LogP contribution in [0.15, 0.2) is 52.1 Å². The Kier molecular flexibility index (Phi) is 8.38. The van der Waals surface area contributed by atoms with E-state index >= 15 is 0 Å². The second kappa shape index (κ2) is 11.9. The number of hydrogen-bond donors (Lipinski definition) is 3. The van der Waals surface area contributed by atoms with Gasteiger partial charge in [0.15, 0.2) is 11.4 Å². The molecule has 1 amide bonds. The molecule has 4 rings (SSSR count). The number of carbonyl (C=O) groups is 1. The van der Waals surface area contributed by atoms with Crippen LogP contribution < -0.4 is 19.5 Å². The molecule has 0 saturated carbocycles. The maximum atomic E-state index is 13.3. The molecule has 0 saturated heterocycles. The largest absolute Gasteiger partial charge is 0.496 e. The van der Waals surface area contributed by atoms with Crippen LogP contribution in [0.4, 0.5) is 5.82 Å². The molecule has 13 heteroatoms. The van der Waals surface area contributed by atoms with Crippen LogP contribution in [0.2, 0.25) is 0 Å². The maximum Gasteiger partial charge on any atom is 0.296 e. The van der Waals surface area contributed by atoms with Crippen molar-refractivity contribution in [1.82, 2.24) is 20.3 Å². The van der Waals surface area contributed by atoms with Crippen molar-refractivity contribution in [3.63, 3.8) is 0 Å². The van der Waals surface area contributed by atoms with E-state index in [1.807, 2.05) is 6.92 Å². The Morgan fingerprint density at radius 2 is 1.92 bits per heavy atom. The Hall–Kier alpha value is -4.54. The molecule has 0 aliphatic carbocycles. The average molecular weight is 554 g/mol. The van der Waals surface area contributed by atoms with Crippen LogP contribution in [0.25, 0.3) is 11.0 Å². The van der Waals surface area contributed by atoms with Gasteiger partial charge in [0, 0.05) is 18.3 Å².